The van der Waals surface area contributed by atoms with E-state index in [1.165, 1.54) is 12.4 Å². The van der Waals surface area contributed by atoms with Gasteiger partial charge in [0.25, 0.3) is 0 Å². The van der Waals surface area contributed by atoms with Crippen LogP contribution >= 0.6 is 11.8 Å². The molecule has 2 aliphatic heterocycles. The van der Waals surface area contributed by atoms with Gasteiger partial charge in [0.2, 0.25) is 47.3 Å². The van der Waals surface area contributed by atoms with Crippen molar-refractivity contribution in [1.29, 1.82) is 0 Å². The minimum absolute atomic E-state index is 0.0286. The maximum absolute atomic E-state index is 13.3. The molecule has 0 spiro atoms. The Morgan fingerprint density at radius 3 is 2.11 bits per heavy atom. The Morgan fingerprint density at radius 1 is 0.770 bits per heavy atom. The predicted molar refractivity (Wildman–Crippen MR) is 224 cm³/mol. The van der Waals surface area contributed by atoms with E-state index in [9.17, 15) is 48.3 Å². The number of hydrogen-bond acceptors (Lipinski definition) is 13. The van der Waals surface area contributed by atoms with Crippen molar-refractivity contribution in [2.24, 2.45) is 23.3 Å². The molecule has 2 fully saturated rings. The van der Waals surface area contributed by atoms with Crippen LogP contribution in [0, 0.1) is 11.8 Å². The first-order chi connectivity index (χ1) is 28.9. The number of thioether (sulfide) groups is 1. The highest BCUT2D eigenvalue weighted by molar-refractivity contribution is 8.00. The Labute approximate surface area is 360 Å². The van der Waals surface area contributed by atoms with Crippen LogP contribution in [0.1, 0.15) is 97.8 Å². The van der Waals surface area contributed by atoms with Crippen molar-refractivity contribution in [1.82, 2.24) is 48.0 Å². The van der Waals surface area contributed by atoms with Crippen molar-refractivity contribution in [2.75, 3.05) is 31.9 Å². The van der Waals surface area contributed by atoms with Gasteiger partial charge in [-0.2, -0.15) is 11.8 Å². The molecule has 22 nitrogen and oxygen atoms in total. The fourth-order valence-electron chi connectivity index (χ4n) is 6.95. The van der Waals surface area contributed by atoms with Crippen LogP contribution in [0.2, 0.25) is 0 Å². The summed E-state index contributed by atoms with van der Waals surface area (Å²) in [5.41, 5.74) is 12.5. The monoisotopic (exact) mass is 885 g/mol. The number of aliphatic hydroxyl groups excluding tert-OH is 1. The summed E-state index contributed by atoms with van der Waals surface area (Å²) in [7, 11) is 0. The molecule has 2 heterocycles. The number of hydrogen-bond donors (Lipinski definition) is 13. The highest BCUT2D eigenvalue weighted by Gasteiger charge is 2.42. The number of rotatable bonds is 30. The lowest BCUT2D eigenvalue weighted by molar-refractivity contribution is -0.138. The van der Waals surface area contributed by atoms with E-state index in [4.69, 9.17) is 16.7 Å². The molecule has 0 bridgehead atoms. The smallest absolute Gasteiger partial charge is 0.315 e. The number of hydroxylamine groups is 1. The van der Waals surface area contributed by atoms with Gasteiger partial charge in [-0.25, -0.2) is 10.3 Å². The molecule has 61 heavy (non-hydrogen) atoms. The summed E-state index contributed by atoms with van der Waals surface area (Å²) >= 11 is 1.83. The fourth-order valence-corrected chi connectivity index (χ4v) is 8.49. The van der Waals surface area contributed by atoms with Gasteiger partial charge in [-0.3, -0.25) is 43.6 Å². The number of carbonyl (C=O) groups is 9. The van der Waals surface area contributed by atoms with E-state index in [0.29, 0.717) is 50.4 Å². The Kier molecular flexibility index (Phi) is 24.0. The number of nitrogens with two attached hydrogens (primary N) is 2. The van der Waals surface area contributed by atoms with Gasteiger partial charge >= 0.3 is 6.03 Å². The quantitative estimate of drug-likeness (QED) is 0.0151. The highest BCUT2D eigenvalue weighted by Crippen LogP contribution is 2.33. The van der Waals surface area contributed by atoms with E-state index in [0.717, 1.165) is 25.0 Å². The zero-order valence-electron chi connectivity index (χ0n) is 35.3. The maximum atomic E-state index is 13.3. The maximum Gasteiger partial charge on any atom is 0.315 e. The van der Waals surface area contributed by atoms with Crippen molar-refractivity contribution in [3.8, 4) is 0 Å². The number of carbonyl (C=O) groups excluding carboxylic acids is 9. The number of unbranched alkanes of at least 4 members (excludes halogenated alkanes) is 3. The van der Waals surface area contributed by atoms with Crippen LogP contribution in [0.25, 0.3) is 0 Å². The average molecular weight is 886 g/mol. The normalized spacial score (nSPS) is 19.1. The SMILES string of the molecule is CC(C)CC(CC(=O)NO)C(=O)N[C@H](C(=O)N[C@@H](CCCCN)C(=O)NCC(=O)NCC(=O)N[C@@H](CCCCNC(=O)CCCC[C@@H]1SC[C@@H]2NC(=O)N[C@@H]21)C(N)=O)[C@@H](C)O. The summed E-state index contributed by atoms with van der Waals surface area (Å²) in [5, 5.41) is 40.5. The number of aliphatic hydroxyl groups is 1. The number of fused-ring (bicyclic) bond motifs is 1. The highest BCUT2D eigenvalue weighted by atomic mass is 32.2. The number of primary amides is 1. The van der Waals surface area contributed by atoms with Crippen LogP contribution in [0.4, 0.5) is 4.79 Å². The summed E-state index contributed by atoms with van der Waals surface area (Å²) in [6.45, 7) is 4.45. The Bertz CT molecular complexity index is 1510. The van der Waals surface area contributed by atoms with Crippen LogP contribution < -0.4 is 59.5 Å². The standard InChI is InChI=1S/C38H67N11O11S/c1-21(2)16-23(17-29(52)49-60)35(56)47-32(22(3)50)37(58)45-25(11-6-8-14-39)36(57)43-18-30(53)42-19-31(54)44-24(34(40)55)10-7-9-15-41-28(51)13-5-4-12-27-33-26(20-61-27)46-38(59)48-33/h21-27,32-33,50,60H,4-20,39H2,1-3H3,(H2,40,55)(H,41,51)(H,42,53)(H,43,57)(H,44,54)(H,45,58)(H,47,56)(H,49,52)(H2,46,48,59)/t22-,23?,24+,25+,26+,27+,32+,33+/m1/s1. The minimum Gasteiger partial charge on any atom is -0.391 e. The van der Waals surface area contributed by atoms with Crippen molar-refractivity contribution in [3.05, 3.63) is 0 Å². The molecule has 23 heteroatoms. The van der Waals surface area contributed by atoms with Gasteiger partial charge in [0.05, 0.1) is 31.3 Å². The van der Waals surface area contributed by atoms with E-state index in [1.54, 1.807) is 0 Å². The summed E-state index contributed by atoms with van der Waals surface area (Å²) in [4.78, 5) is 112. The van der Waals surface area contributed by atoms with Crippen LogP contribution in [-0.4, -0.2) is 137 Å². The van der Waals surface area contributed by atoms with Gasteiger partial charge < -0.3 is 59.1 Å². The summed E-state index contributed by atoms with van der Waals surface area (Å²) in [6.07, 6.45) is 3.51. The predicted octanol–water partition coefficient (Wildman–Crippen LogP) is -2.76. The van der Waals surface area contributed by atoms with E-state index in [2.05, 4.69) is 42.5 Å². The third-order valence-corrected chi connectivity index (χ3v) is 11.7. The Hall–Kier alpha value is -4.74. The topological polar surface area (TPSA) is 354 Å². The molecule has 2 rings (SSSR count). The lowest BCUT2D eigenvalue weighted by Gasteiger charge is -2.26. The van der Waals surface area contributed by atoms with E-state index in [1.807, 2.05) is 25.6 Å². The lowest BCUT2D eigenvalue weighted by atomic mass is 9.92. The number of urea groups is 1. The third-order valence-electron chi connectivity index (χ3n) is 10.2. The summed E-state index contributed by atoms with van der Waals surface area (Å²) in [6, 6.07) is -3.58. The van der Waals surface area contributed by atoms with E-state index >= 15 is 0 Å². The van der Waals surface area contributed by atoms with Gasteiger partial charge in [-0.1, -0.05) is 20.3 Å². The summed E-state index contributed by atoms with van der Waals surface area (Å²) < 4.78 is 0. The molecule has 1 unspecified atom stereocenters. The largest absolute Gasteiger partial charge is 0.391 e. The first-order valence-electron chi connectivity index (χ1n) is 21.0. The average Bonchev–Trinajstić information content (AvgIpc) is 3.76. The fraction of sp³-hybridized carbons (Fsp3) is 0.763. The molecule has 15 N–H and O–H groups in total. The Morgan fingerprint density at radius 2 is 1.46 bits per heavy atom. The van der Waals surface area contributed by atoms with Gasteiger partial charge in [0, 0.05) is 36.3 Å². The molecular formula is C38H67N11O11S. The zero-order chi connectivity index (χ0) is 45.5. The van der Waals surface area contributed by atoms with Crippen molar-refractivity contribution >= 4 is 65.1 Å². The zero-order valence-corrected chi connectivity index (χ0v) is 36.2. The van der Waals surface area contributed by atoms with Crippen molar-refractivity contribution < 1.29 is 53.5 Å². The lowest BCUT2D eigenvalue weighted by Crippen LogP contribution is -2.58. The number of amides is 10. The minimum atomic E-state index is -1.52. The van der Waals surface area contributed by atoms with Crippen LogP contribution in [-0.2, 0) is 38.4 Å². The third kappa shape index (κ3) is 20.1. The van der Waals surface area contributed by atoms with Crippen LogP contribution in [0.3, 0.4) is 0 Å². The first kappa shape index (κ1) is 52.4. The molecule has 0 aliphatic carbocycles. The molecule has 2 aliphatic rings. The molecule has 0 aromatic rings. The molecular weight excluding hydrogens is 819 g/mol. The van der Waals surface area contributed by atoms with E-state index < -0.39 is 84.6 Å². The van der Waals surface area contributed by atoms with Crippen molar-refractivity contribution in [3.63, 3.8) is 0 Å². The van der Waals surface area contributed by atoms with Crippen molar-refractivity contribution in [2.45, 2.75) is 139 Å². The molecule has 8 atom stereocenters. The van der Waals surface area contributed by atoms with Gasteiger partial charge in [0.15, 0.2) is 0 Å². The second-order valence-electron chi connectivity index (χ2n) is 15.9. The van der Waals surface area contributed by atoms with E-state index in [-0.39, 0.29) is 55.6 Å². The molecule has 0 radical (unpaired) electrons. The van der Waals surface area contributed by atoms with Gasteiger partial charge in [-0.15, -0.1) is 0 Å². The number of nitrogens with one attached hydrogen (secondary N) is 9. The van der Waals surface area contributed by atoms with Gasteiger partial charge in [-0.05, 0) is 77.2 Å². The molecule has 10 amide bonds. The molecule has 2 saturated heterocycles. The summed E-state index contributed by atoms with van der Waals surface area (Å²) in [5.74, 6) is -5.60. The van der Waals surface area contributed by atoms with Gasteiger partial charge in [0.1, 0.15) is 18.1 Å². The molecule has 0 aromatic carbocycles. The van der Waals surface area contributed by atoms with Crippen LogP contribution in [0.5, 0.6) is 0 Å². The second-order valence-corrected chi connectivity index (χ2v) is 17.1. The molecule has 346 valence electrons. The Balaban J connectivity index is 1.75. The first-order valence-corrected chi connectivity index (χ1v) is 22.0. The second kappa shape index (κ2) is 28.0. The molecule has 0 saturated carbocycles. The van der Waals surface area contributed by atoms with Crippen LogP contribution in [0.15, 0.2) is 0 Å². The molecule has 0 aromatic heterocycles.